The summed E-state index contributed by atoms with van der Waals surface area (Å²) in [6.07, 6.45) is 5.58. The summed E-state index contributed by atoms with van der Waals surface area (Å²) < 4.78 is 6.17. The molecule has 0 saturated heterocycles. The third kappa shape index (κ3) is 5.00. The quantitative estimate of drug-likeness (QED) is 0.525. The van der Waals surface area contributed by atoms with Crippen molar-refractivity contribution in [3.05, 3.63) is 36.0 Å². The zero-order chi connectivity index (χ0) is 20.8. The van der Waals surface area contributed by atoms with Crippen molar-refractivity contribution in [2.24, 2.45) is 0 Å². The van der Waals surface area contributed by atoms with Gasteiger partial charge < -0.3 is 19.9 Å². The maximum atomic E-state index is 13.3. The highest BCUT2D eigenvalue weighted by Crippen LogP contribution is 2.29. The molecule has 0 radical (unpaired) electrons. The van der Waals surface area contributed by atoms with Crippen LogP contribution in [0.1, 0.15) is 30.1 Å². The minimum atomic E-state index is -0.0867. The Morgan fingerprint density at radius 2 is 2.17 bits per heavy atom. The number of carbonyl (C=O) groups is 1. The van der Waals surface area contributed by atoms with Gasteiger partial charge >= 0.3 is 0 Å². The van der Waals surface area contributed by atoms with Gasteiger partial charge in [-0.1, -0.05) is 24.8 Å². The summed E-state index contributed by atoms with van der Waals surface area (Å²) in [5.74, 6) is 1.38. The van der Waals surface area contributed by atoms with Gasteiger partial charge in [0.05, 0.1) is 6.10 Å². The number of nitrogens with zero attached hydrogens (tertiary/aromatic N) is 4. The van der Waals surface area contributed by atoms with E-state index in [1.807, 2.05) is 49.5 Å². The van der Waals surface area contributed by atoms with Gasteiger partial charge in [-0.25, -0.2) is 9.97 Å². The molecule has 8 heteroatoms. The highest BCUT2D eigenvalue weighted by molar-refractivity contribution is 7.98. The number of amides is 1. The van der Waals surface area contributed by atoms with Crippen molar-refractivity contribution >= 4 is 29.2 Å². The lowest BCUT2D eigenvalue weighted by Gasteiger charge is -2.23. The van der Waals surface area contributed by atoms with Gasteiger partial charge in [0.15, 0.2) is 5.16 Å². The molecule has 2 heterocycles. The molecule has 7 nitrogen and oxygen atoms in total. The highest BCUT2D eigenvalue weighted by Gasteiger charge is 2.28. The second kappa shape index (κ2) is 9.93. The first kappa shape index (κ1) is 21.4. The molecule has 0 aliphatic carbocycles. The molecule has 0 bridgehead atoms. The van der Waals surface area contributed by atoms with E-state index in [2.05, 4.69) is 22.2 Å². The van der Waals surface area contributed by atoms with Crippen molar-refractivity contribution in [3.8, 4) is 5.75 Å². The minimum Gasteiger partial charge on any atom is -0.490 e. The van der Waals surface area contributed by atoms with Crippen LogP contribution in [0.5, 0.6) is 5.75 Å². The predicted octanol–water partition coefficient (Wildman–Crippen LogP) is 3.06. The number of hydrogen-bond acceptors (Lipinski definition) is 7. The molecule has 1 N–H and O–H groups in total. The molecule has 0 saturated carbocycles. The highest BCUT2D eigenvalue weighted by atomic mass is 32.2. The zero-order valence-corrected chi connectivity index (χ0v) is 18.3. The minimum absolute atomic E-state index is 0.0867. The first-order chi connectivity index (χ1) is 14.1. The van der Waals surface area contributed by atoms with E-state index >= 15 is 0 Å². The standard InChI is InChI=1S/C21H29N5O2S/c1-5-16(9-10-22-2)28-17-8-6-7-15(13-17)26-12-11-25(3)19-18(20(26)27)14-23-21(24-19)29-4/h6-8,13-14,16,22H,5,9-12H2,1-4H3/t16-/m1/s1. The van der Waals surface area contributed by atoms with E-state index in [1.54, 1.807) is 11.1 Å². The monoisotopic (exact) mass is 415 g/mol. The topological polar surface area (TPSA) is 70.6 Å². The van der Waals surface area contributed by atoms with E-state index in [0.29, 0.717) is 29.6 Å². The third-order valence-corrected chi connectivity index (χ3v) is 5.59. The second-order valence-corrected chi connectivity index (χ2v) is 7.78. The van der Waals surface area contributed by atoms with Gasteiger partial charge in [0.25, 0.3) is 5.91 Å². The average Bonchev–Trinajstić information content (AvgIpc) is 2.87. The van der Waals surface area contributed by atoms with E-state index in [4.69, 9.17) is 4.74 Å². The fourth-order valence-electron chi connectivity index (χ4n) is 3.32. The number of aromatic nitrogens is 2. The van der Waals surface area contributed by atoms with Crippen LogP contribution in [0.3, 0.4) is 0 Å². The Hall–Kier alpha value is -2.32. The van der Waals surface area contributed by atoms with Gasteiger partial charge in [0, 0.05) is 38.1 Å². The number of rotatable bonds is 8. The number of benzene rings is 1. The molecule has 0 fully saturated rings. The van der Waals surface area contributed by atoms with Crippen LogP contribution >= 0.6 is 11.8 Å². The normalized spacial score (nSPS) is 15.1. The number of nitrogens with one attached hydrogen (secondary N) is 1. The summed E-state index contributed by atoms with van der Waals surface area (Å²) >= 11 is 1.47. The lowest BCUT2D eigenvalue weighted by atomic mass is 10.2. The van der Waals surface area contributed by atoms with Crippen LogP contribution in [0.2, 0.25) is 0 Å². The second-order valence-electron chi connectivity index (χ2n) is 7.01. The number of carbonyl (C=O) groups excluding carboxylic acids is 1. The Balaban J connectivity index is 1.85. The fraction of sp³-hybridized carbons (Fsp3) is 0.476. The molecule has 1 aliphatic rings. The van der Waals surface area contributed by atoms with Crippen LogP contribution in [0.15, 0.2) is 35.6 Å². The van der Waals surface area contributed by atoms with Crippen molar-refractivity contribution in [1.82, 2.24) is 15.3 Å². The molecule has 156 valence electrons. The summed E-state index contributed by atoms with van der Waals surface area (Å²) in [5, 5.41) is 3.83. The molecule has 1 aromatic heterocycles. The SMILES string of the molecule is CC[C@H](CCNC)Oc1cccc(N2CCN(C)c3nc(SC)ncc3C2=O)c1. The van der Waals surface area contributed by atoms with Gasteiger partial charge in [-0.15, -0.1) is 0 Å². The number of hydrogen-bond donors (Lipinski definition) is 1. The molecule has 1 aliphatic heterocycles. The van der Waals surface area contributed by atoms with Crippen molar-refractivity contribution in [2.45, 2.75) is 31.0 Å². The van der Waals surface area contributed by atoms with E-state index < -0.39 is 0 Å². The summed E-state index contributed by atoms with van der Waals surface area (Å²) in [7, 11) is 3.90. The maximum Gasteiger partial charge on any atom is 0.263 e. The summed E-state index contributed by atoms with van der Waals surface area (Å²) in [4.78, 5) is 25.9. The van der Waals surface area contributed by atoms with Crippen LogP contribution in [0.4, 0.5) is 11.5 Å². The summed E-state index contributed by atoms with van der Waals surface area (Å²) in [6, 6.07) is 7.77. The maximum absolute atomic E-state index is 13.3. The van der Waals surface area contributed by atoms with Gasteiger partial charge in [0.2, 0.25) is 0 Å². The predicted molar refractivity (Wildman–Crippen MR) is 118 cm³/mol. The van der Waals surface area contributed by atoms with Crippen LogP contribution in [-0.2, 0) is 0 Å². The Kier molecular flexibility index (Phi) is 7.33. The average molecular weight is 416 g/mol. The molecule has 2 aromatic rings. The summed E-state index contributed by atoms with van der Waals surface area (Å²) in [5.41, 5.74) is 1.35. The van der Waals surface area contributed by atoms with Gasteiger partial charge in [-0.05, 0) is 44.8 Å². The Labute approximate surface area is 176 Å². The number of ether oxygens (including phenoxy) is 1. The van der Waals surface area contributed by atoms with E-state index in [0.717, 1.165) is 30.8 Å². The smallest absolute Gasteiger partial charge is 0.263 e. The zero-order valence-electron chi connectivity index (χ0n) is 17.5. The Bertz CT molecular complexity index is 848. The van der Waals surface area contributed by atoms with Crippen LogP contribution < -0.4 is 19.9 Å². The number of likely N-dealkylation sites (N-methyl/N-ethyl adjacent to an activating group) is 1. The molecule has 1 atom stereocenters. The van der Waals surface area contributed by atoms with Crippen molar-refractivity contribution in [2.75, 3.05) is 49.8 Å². The molecule has 29 heavy (non-hydrogen) atoms. The van der Waals surface area contributed by atoms with E-state index in [1.165, 1.54) is 11.8 Å². The van der Waals surface area contributed by atoms with Crippen LogP contribution in [0.25, 0.3) is 0 Å². The molecule has 1 amide bonds. The summed E-state index contributed by atoms with van der Waals surface area (Å²) in [6.45, 7) is 4.29. The van der Waals surface area contributed by atoms with Crippen LogP contribution in [0, 0.1) is 0 Å². The van der Waals surface area contributed by atoms with E-state index in [9.17, 15) is 4.79 Å². The molecule has 1 aromatic carbocycles. The van der Waals surface area contributed by atoms with Gasteiger partial charge in [-0.2, -0.15) is 0 Å². The molecular formula is C21H29N5O2S. The largest absolute Gasteiger partial charge is 0.490 e. The molecule has 0 spiro atoms. The fourth-order valence-corrected chi connectivity index (χ4v) is 3.65. The van der Waals surface area contributed by atoms with Crippen molar-refractivity contribution in [3.63, 3.8) is 0 Å². The number of fused-ring (bicyclic) bond motifs is 1. The molecule has 3 rings (SSSR count). The van der Waals surface area contributed by atoms with Crippen molar-refractivity contribution in [1.29, 1.82) is 0 Å². The van der Waals surface area contributed by atoms with Gasteiger partial charge in [0.1, 0.15) is 17.1 Å². The van der Waals surface area contributed by atoms with Crippen molar-refractivity contribution < 1.29 is 9.53 Å². The first-order valence-electron chi connectivity index (χ1n) is 9.92. The number of thioether (sulfide) groups is 1. The lowest BCUT2D eigenvalue weighted by Crippen LogP contribution is -2.33. The molecule has 0 unspecified atom stereocenters. The Morgan fingerprint density at radius 1 is 1.34 bits per heavy atom. The van der Waals surface area contributed by atoms with E-state index in [-0.39, 0.29) is 12.0 Å². The number of anilines is 2. The Morgan fingerprint density at radius 3 is 2.90 bits per heavy atom. The lowest BCUT2D eigenvalue weighted by molar-refractivity contribution is 0.0989. The molecular weight excluding hydrogens is 386 g/mol. The van der Waals surface area contributed by atoms with Crippen LogP contribution in [-0.4, -0.2) is 62.0 Å². The first-order valence-corrected chi connectivity index (χ1v) is 11.1. The van der Waals surface area contributed by atoms with Gasteiger partial charge in [-0.3, -0.25) is 4.79 Å². The third-order valence-electron chi connectivity index (χ3n) is 5.03.